The quantitative estimate of drug-likeness (QED) is 0.802. The molecular formula is C18H26N2O5S. The van der Waals surface area contributed by atoms with E-state index >= 15 is 0 Å². The van der Waals surface area contributed by atoms with Gasteiger partial charge in [0.15, 0.2) is 21.3 Å². The molecule has 0 spiro atoms. The Balaban J connectivity index is 1.85. The van der Waals surface area contributed by atoms with Crippen LogP contribution in [0.5, 0.6) is 11.5 Å². The molecule has 26 heavy (non-hydrogen) atoms. The van der Waals surface area contributed by atoms with Crippen LogP contribution in [-0.4, -0.2) is 63.9 Å². The Labute approximate surface area is 154 Å². The highest BCUT2D eigenvalue weighted by Gasteiger charge is 2.27. The fourth-order valence-electron chi connectivity index (χ4n) is 3.49. The molecule has 7 nitrogen and oxygen atoms in total. The van der Waals surface area contributed by atoms with Crippen molar-refractivity contribution in [2.24, 2.45) is 0 Å². The largest absolute Gasteiger partial charge is 0.486 e. The molecule has 144 valence electrons. The fourth-order valence-corrected chi connectivity index (χ4v) is 4.41. The highest BCUT2D eigenvalue weighted by Crippen LogP contribution is 2.37. The molecule has 1 aromatic rings. The second-order valence-corrected chi connectivity index (χ2v) is 8.81. The number of rotatable bonds is 6. The lowest BCUT2D eigenvalue weighted by atomic mass is 10.1. The number of likely N-dealkylation sites (tertiary alicyclic amines) is 1. The van der Waals surface area contributed by atoms with Gasteiger partial charge in [0.05, 0.1) is 16.2 Å². The van der Waals surface area contributed by atoms with Crippen molar-refractivity contribution in [1.29, 1.82) is 0 Å². The molecule has 3 rings (SSSR count). The van der Waals surface area contributed by atoms with Crippen LogP contribution in [0, 0.1) is 0 Å². The van der Waals surface area contributed by atoms with Crippen molar-refractivity contribution in [3.05, 3.63) is 17.7 Å². The number of carbonyl (C=O) groups is 1. The first-order chi connectivity index (χ1) is 12.5. The van der Waals surface area contributed by atoms with Gasteiger partial charge in [-0.2, -0.15) is 0 Å². The molecule has 0 aliphatic carbocycles. The van der Waals surface area contributed by atoms with Crippen LogP contribution in [0.4, 0.5) is 0 Å². The summed E-state index contributed by atoms with van der Waals surface area (Å²) in [5.41, 5.74) is 0.218. The predicted octanol–water partition coefficient (Wildman–Crippen LogP) is 1.47. The molecule has 2 aliphatic heterocycles. The summed E-state index contributed by atoms with van der Waals surface area (Å²) in [7, 11) is -3.45. The van der Waals surface area contributed by atoms with Gasteiger partial charge in [-0.3, -0.25) is 9.69 Å². The molecule has 1 fully saturated rings. The number of nitrogens with zero attached hydrogens (tertiary/aromatic N) is 1. The summed E-state index contributed by atoms with van der Waals surface area (Å²) in [6.45, 7) is 6.89. The number of nitrogens with one attached hydrogen (secondary N) is 1. The Morgan fingerprint density at radius 2 is 2.04 bits per heavy atom. The number of hydrogen-bond donors (Lipinski definition) is 1. The van der Waals surface area contributed by atoms with Gasteiger partial charge in [-0.1, -0.05) is 13.8 Å². The number of benzene rings is 1. The van der Waals surface area contributed by atoms with Gasteiger partial charge in [0, 0.05) is 18.7 Å². The van der Waals surface area contributed by atoms with Crippen LogP contribution in [0.15, 0.2) is 17.0 Å². The van der Waals surface area contributed by atoms with E-state index in [-0.39, 0.29) is 22.1 Å². The minimum Gasteiger partial charge on any atom is -0.486 e. The van der Waals surface area contributed by atoms with Crippen LogP contribution in [0.25, 0.3) is 0 Å². The summed E-state index contributed by atoms with van der Waals surface area (Å²) in [5.74, 6) is 0.263. The van der Waals surface area contributed by atoms with Crippen molar-refractivity contribution < 1.29 is 22.7 Å². The van der Waals surface area contributed by atoms with E-state index in [1.165, 1.54) is 12.1 Å². The maximum absolute atomic E-state index is 12.8. The van der Waals surface area contributed by atoms with Gasteiger partial charge in [-0.25, -0.2) is 8.42 Å². The summed E-state index contributed by atoms with van der Waals surface area (Å²) in [6.07, 6.45) is 2.18. The van der Waals surface area contributed by atoms with E-state index < -0.39 is 9.84 Å². The molecule has 0 saturated carbocycles. The predicted molar refractivity (Wildman–Crippen MR) is 97.8 cm³/mol. The zero-order valence-electron chi connectivity index (χ0n) is 15.3. The third-order valence-corrected chi connectivity index (χ3v) is 6.72. The number of sulfone groups is 1. The van der Waals surface area contributed by atoms with Gasteiger partial charge in [0.25, 0.3) is 5.91 Å². The van der Waals surface area contributed by atoms with E-state index in [0.717, 1.165) is 25.9 Å². The lowest BCUT2D eigenvalue weighted by Gasteiger charge is -2.24. The van der Waals surface area contributed by atoms with E-state index in [1.54, 1.807) is 6.92 Å². The lowest BCUT2D eigenvalue weighted by Crippen LogP contribution is -2.40. The van der Waals surface area contributed by atoms with Crippen molar-refractivity contribution >= 4 is 15.7 Å². The first-order valence-electron chi connectivity index (χ1n) is 9.15. The Bertz CT molecular complexity index is 778. The summed E-state index contributed by atoms with van der Waals surface area (Å²) < 4.78 is 35.7. The van der Waals surface area contributed by atoms with Gasteiger partial charge in [0.2, 0.25) is 0 Å². The van der Waals surface area contributed by atoms with Crippen molar-refractivity contribution in [2.75, 3.05) is 38.6 Å². The van der Waals surface area contributed by atoms with Crippen LogP contribution in [-0.2, 0) is 9.84 Å². The number of hydrogen-bond acceptors (Lipinski definition) is 6. The van der Waals surface area contributed by atoms with Crippen LogP contribution in [0.1, 0.15) is 37.0 Å². The Morgan fingerprint density at radius 3 is 2.77 bits per heavy atom. The number of carbonyl (C=O) groups excluding carboxylic acids is 1. The van der Waals surface area contributed by atoms with Gasteiger partial charge in [0.1, 0.15) is 13.2 Å². The third-order valence-electron chi connectivity index (χ3n) is 5.00. The molecule has 1 saturated heterocycles. The molecular weight excluding hydrogens is 356 g/mol. The first-order valence-corrected chi connectivity index (χ1v) is 10.8. The average Bonchev–Trinajstić information content (AvgIpc) is 3.12. The highest BCUT2D eigenvalue weighted by atomic mass is 32.2. The molecule has 1 atom stereocenters. The smallest absolute Gasteiger partial charge is 0.255 e. The zero-order valence-corrected chi connectivity index (χ0v) is 16.1. The van der Waals surface area contributed by atoms with E-state index in [2.05, 4.69) is 17.1 Å². The van der Waals surface area contributed by atoms with Crippen molar-refractivity contribution in [3.8, 4) is 11.5 Å². The van der Waals surface area contributed by atoms with Crippen molar-refractivity contribution in [1.82, 2.24) is 10.2 Å². The number of likely N-dealkylation sites (N-methyl/N-ethyl adjacent to an activating group) is 1. The average molecular weight is 382 g/mol. The van der Waals surface area contributed by atoms with Crippen LogP contribution in [0.3, 0.4) is 0 Å². The Kier molecular flexibility index (Phi) is 5.72. The first kappa shape index (κ1) is 19.0. The van der Waals surface area contributed by atoms with Crippen LogP contribution < -0.4 is 14.8 Å². The number of ether oxygens (including phenoxy) is 2. The lowest BCUT2D eigenvalue weighted by molar-refractivity contribution is 0.0930. The molecule has 2 aliphatic rings. The van der Waals surface area contributed by atoms with Crippen LogP contribution in [0.2, 0.25) is 0 Å². The molecule has 2 heterocycles. The van der Waals surface area contributed by atoms with Crippen LogP contribution >= 0.6 is 0 Å². The van der Waals surface area contributed by atoms with Crippen molar-refractivity contribution in [3.63, 3.8) is 0 Å². The second-order valence-electron chi connectivity index (χ2n) is 6.53. The molecule has 0 aromatic heterocycles. The number of fused-ring (bicyclic) bond motifs is 1. The summed E-state index contributed by atoms with van der Waals surface area (Å²) >= 11 is 0. The van der Waals surface area contributed by atoms with Gasteiger partial charge >= 0.3 is 0 Å². The topological polar surface area (TPSA) is 84.9 Å². The highest BCUT2D eigenvalue weighted by molar-refractivity contribution is 7.91. The number of amides is 1. The summed E-state index contributed by atoms with van der Waals surface area (Å²) in [5, 5.41) is 2.94. The Hall–Kier alpha value is -1.80. The SMILES string of the molecule is CCN1CCCC1CNC(=O)c1cc(S(=O)(=O)CC)cc2c1OCCO2. The third kappa shape index (κ3) is 3.81. The van der Waals surface area contributed by atoms with Gasteiger partial charge in [-0.15, -0.1) is 0 Å². The maximum Gasteiger partial charge on any atom is 0.255 e. The fraction of sp³-hybridized carbons (Fsp3) is 0.611. The maximum atomic E-state index is 12.8. The standard InChI is InChI=1S/C18H26N2O5S/c1-3-20-7-5-6-13(20)12-19-18(21)15-10-14(26(22,23)4-2)11-16-17(15)25-9-8-24-16/h10-11,13H,3-9,12H2,1-2H3,(H,19,21). The molecule has 8 heteroatoms. The van der Waals surface area contributed by atoms with Gasteiger partial charge < -0.3 is 14.8 Å². The minimum absolute atomic E-state index is 0.0404. The van der Waals surface area contributed by atoms with Crippen molar-refractivity contribution in [2.45, 2.75) is 37.6 Å². The molecule has 0 radical (unpaired) electrons. The van der Waals surface area contributed by atoms with Gasteiger partial charge in [-0.05, 0) is 32.0 Å². The molecule has 1 amide bonds. The van der Waals surface area contributed by atoms with E-state index in [9.17, 15) is 13.2 Å². The molecule has 0 bridgehead atoms. The second kappa shape index (κ2) is 7.84. The minimum atomic E-state index is -3.45. The van der Waals surface area contributed by atoms with E-state index in [4.69, 9.17) is 9.47 Å². The summed E-state index contributed by atoms with van der Waals surface area (Å²) in [6, 6.07) is 3.16. The Morgan fingerprint density at radius 1 is 1.27 bits per heavy atom. The monoisotopic (exact) mass is 382 g/mol. The zero-order chi connectivity index (χ0) is 18.7. The normalized spacial score (nSPS) is 20.2. The van der Waals surface area contributed by atoms with E-state index in [1.807, 2.05) is 0 Å². The molecule has 1 aromatic carbocycles. The molecule has 1 unspecified atom stereocenters. The summed E-state index contributed by atoms with van der Waals surface area (Å²) in [4.78, 5) is 15.2. The molecule has 1 N–H and O–H groups in total. The van der Waals surface area contributed by atoms with E-state index in [0.29, 0.717) is 37.3 Å².